The molecule has 0 fully saturated rings. The third kappa shape index (κ3) is 8.25. The monoisotopic (exact) mass is 362 g/mol. The molecule has 0 saturated heterocycles. The van der Waals surface area contributed by atoms with Crippen LogP contribution in [-0.2, 0) is 9.59 Å². The van der Waals surface area contributed by atoms with Gasteiger partial charge in [0.05, 0.1) is 0 Å². The molecular formula is C18H22N2O6. The highest BCUT2D eigenvalue weighted by Gasteiger charge is 2.08. The number of aliphatic carboxylic acids is 2. The summed E-state index contributed by atoms with van der Waals surface area (Å²) in [5.41, 5.74) is 0. The third-order valence-corrected chi connectivity index (χ3v) is 3.05. The van der Waals surface area contributed by atoms with Crippen molar-refractivity contribution in [3.05, 3.63) is 54.6 Å². The number of nitrogens with zero attached hydrogens (tertiary/aromatic N) is 1. The summed E-state index contributed by atoms with van der Waals surface area (Å²) in [5, 5.41) is 28.9. The van der Waals surface area contributed by atoms with Gasteiger partial charge in [-0.1, -0.05) is 36.4 Å². The van der Waals surface area contributed by atoms with E-state index in [0.717, 1.165) is 16.5 Å². The van der Waals surface area contributed by atoms with Crippen LogP contribution in [-0.4, -0.2) is 58.6 Å². The number of carboxylic acid groups (broad SMARTS) is 2. The van der Waals surface area contributed by atoms with E-state index >= 15 is 0 Å². The van der Waals surface area contributed by atoms with Gasteiger partial charge in [-0.25, -0.2) is 14.6 Å². The number of likely N-dealkylation sites (N-methyl/N-ethyl adjacent to an activating group) is 1. The van der Waals surface area contributed by atoms with Crippen molar-refractivity contribution >= 4 is 22.7 Å². The van der Waals surface area contributed by atoms with Crippen LogP contribution < -0.4 is 10.6 Å². The SMILES string of the molecule is CN(N)CC(O)COc1cccc2ccccc12.O=C(O)/C=C\C(=O)O. The van der Waals surface area contributed by atoms with Crippen molar-refractivity contribution in [2.45, 2.75) is 6.10 Å². The van der Waals surface area contributed by atoms with Crippen molar-refractivity contribution in [2.24, 2.45) is 5.84 Å². The van der Waals surface area contributed by atoms with Gasteiger partial charge in [-0.05, 0) is 11.5 Å². The lowest BCUT2D eigenvalue weighted by molar-refractivity contribution is -0.134. The zero-order chi connectivity index (χ0) is 19.5. The van der Waals surface area contributed by atoms with Crippen LogP contribution in [0.15, 0.2) is 54.6 Å². The first-order valence-corrected chi connectivity index (χ1v) is 7.68. The van der Waals surface area contributed by atoms with Gasteiger partial charge >= 0.3 is 11.9 Å². The van der Waals surface area contributed by atoms with Crippen LogP contribution >= 0.6 is 0 Å². The van der Waals surface area contributed by atoms with Gasteiger partial charge in [-0.15, -0.1) is 0 Å². The van der Waals surface area contributed by atoms with Gasteiger partial charge in [0, 0.05) is 31.1 Å². The Kier molecular flexibility index (Phi) is 8.79. The summed E-state index contributed by atoms with van der Waals surface area (Å²) in [4.78, 5) is 19.1. The normalized spacial score (nSPS) is 11.8. The highest BCUT2D eigenvalue weighted by molar-refractivity contribution is 5.89. The van der Waals surface area contributed by atoms with Crippen molar-refractivity contribution in [1.82, 2.24) is 5.01 Å². The van der Waals surface area contributed by atoms with Crippen LogP contribution in [0.1, 0.15) is 0 Å². The zero-order valence-corrected chi connectivity index (χ0v) is 14.3. The van der Waals surface area contributed by atoms with E-state index in [9.17, 15) is 14.7 Å². The molecule has 2 aromatic carbocycles. The van der Waals surface area contributed by atoms with E-state index in [0.29, 0.717) is 18.7 Å². The topological polar surface area (TPSA) is 133 Å². The summed E-state index contributed by atoms with van der Waals surface area (Å²) in [5.74, 6) is 3.74. The minimum absolute atomic E-state index is 0.232. The van der Waals surface area contributed by atoms with E-state index in [1.807, 2.05) is 42.5 Å². The Morgan fingerprint density at radius 1 is 1.12 bits per heavy atom. The van der Waals surface area contributed by atoms with Crippen LogP contribution in [0.4, 0.5) is 0 Å². The average Bonchev–Trinajstić information content (AvgIpc) is 2.58. The predicted octanol–water partition coefficient (Wildman–Crippen LogP) is 1.10. The first-order valence-electron chi connectivity index (χ1n) is 7.68. The van der Waals surface area contributed by atoms with E-state index in [1.54, 1.807) is 7.05 Å². The van der Waals surface area contributed by atoms with Gasteiger partial charge in [-0.3, -0.25) is 5.84 Å². The molecule has 0 aliphatic rings. The van der Waals surface area contributed by atoms with Crippen LogP contribution in [0.25, 0.3) is 10.8 Å². The summed E-state index contributed by atoms with van der Waals surface area (Å²) < 4.78 is 5.65. The largest absolute Gasteiger partial charge is 0.490 e. The smallest absolute Gasteiger partial charge is 0.328 e. The molecule has 1 unspecified atom stereocenters. The third-order valence-electron chi connectivity index (χ3n) is 3.05. The molecule has 0 bridgehead atoms. The highest BCUT2D eigenvalue weighted by Crippen LogP contribution is 2.25. The van der Waals surface area contributed by atoms with Crippen molar-refractivity contribution in [1.29, 1.82) is 0 Å². The van der Waals surface area contributed by atoms with Gasteiger partial charge in [0.15, 0.2) is 0 Å². The Morgan fingerprint density at radius 2 is 1.69 bits per heavy atom. The molecule has 2 rings (SSSR count). The zero-order valence-electron chi connectivity index (χ0n) is 14.3. The molecule has 5 N–H and O–H groups in total. The molecule has 0 spiro atoms. The molecule has 0 amide bonds. The number of aliphatic hydroxyl groups excluding tert-OH is 1. The number of benzene rings is 2. The molecule has 0 aliphatic carbocycles. The van der Waals surface area contributed by atoms with Gasteiger partial charge in [0.25, 0.3) is 0 Å². The lowest BCUT2D eigenvalue weighted by atomic mass is 10.1. The number of ether oxygens (including phenoxy) is 1. The van der Waals surface area contributed by atoms with E-state index < -0.39 is 18.0 Å². The maximum absolute atomic E-state index is 9.71. The van der Waals surface area contributed by atoms with E-state index in [2.05, 4.69) is 0 Å². The number of fused-ring (bicyclic) bond motifs is 1. The van der Waals surface area contributed by atoms with E-state index in [-0.39, 0.29) is 6.61 Å². The first kappa shape index (κ1) is 21.1. The molecule has 8 nitrogen and oxygen atoms in total. The number of rotatable bonds is 7. The minimum atomic E-state index is -1.26. The van der Waals surface area contributed by atoms with Crippen molar-refractivity contribution in [2.75, 3.05) is 20.2 Å². The molecule has 0 heterocycles. The Morgan fingerprint density at radius 3 is 2.27 bits per heavy atom. The Balaban J connectivity index is 0.000000359. The number of hydrogen-bond acceptors (Lipinski definition) is 6. The van der Waals surface area contributed by atoms with Gasteiger partial charge in [0.2, 0.25) is 0 Å². The first-order chi connectivity index (χ1) is 12.3. The van der Waals surface area contributed by atoms with Gasteiger partial charge in [0.1, 0.15) is 18.5 Å². The second-order valence-electron chi connectivity index (χ2n) is 5.39. The molecule has 0 radical (unpaired) electrons. The predicted molar refractivity (Wildman–Crippen MR) is 96.7 cm³/mol. The van der Waals surface area contributed by atoms with Crippen molar-refractivity contribution < 1.29 is 29.6 Å². The number of hydrogen-bond donors (Lipinski definition) is 4. The lowest BCUT2D eigenvalue weighted by Gasteiger charge is -2.17. The second-order valence-corrected chi connectivity index (χ2v) is 5.39. The Bertz CT molecular complexity index is 739. The summed E-state index contributed by atoms with van der Waals surface area (Å²) >= 11 is 0. The van der Waals surface area contributed by atoms with Crippen molar-refractivity contribution in [3.8, 4) is 5.75 Å². The molecule has 1 atom stereocenters. The minimum Gasteiger partial charge on any atom is -0.490 e. The fourth-order valence-corrected chi connectivity index (χ4v) is 2.04. The maximum atomic E-state index is 9.71. The second kappa shape index (κ2) is 10.8. The number of carbonyl (C=O) groups is 2. The fraction of sp³-hybridized carbons (Fsp3) is 0.222. The maximum Gasteiger partial charge on any atom is 0.328 e. The number of carboxylic acids is 2. The summed E-state index contributed by atoms with van der Waals surface area (Å²) in [6.07, 6.45) is 0.518. The van der Waals surface area contributed by atoms with E-state index in [1.165, 1.54) is 5.01 Å². The quantitative estimate of drug-likeness (QED) is 0.327. The molecule has 0 aromatic heterocycles. The fourth-order valence-electron chi connectivity index (χ4n) is 2.04. The number of hydrazine groups is 1. The molecule has 140 valence electrons. The summed E-state index contributed by atoms with van der Waals surface area (Å²) in [7, 11) is 1.71. The number of aliphatic hydroxyl groups is 1. The van der Waals surface area contributed by atoms with Gasteiger partial charge < -0.3 is 20.1 Å². The lowest BCUT2D eigenvalue weighted by Crippen LogP contribution is -2.37. The van der Waals surface area contributed by atoms with Crippen LogP contribution in [0.3, 0.4) is 0 Å². The van der Waals surface area contributed by atoms with Crippen molar-refractivity contribution in [3.63, 3.8) is 0 Å². The number of nitrogens with two attached hydrogens (primary N) is 1. The molecule has 8 heteroatoms. The Hall–Kier alpha value is -2.94. The van der Waals surface area contributed by atoms with Crippen LogP contribution in [0.2, 0.25) is 0 Å². The van der Waals surface area contributed by atoms with Crippen LogP contribution in [0, 0.1) is 0 Å². The standard InChI is InChI=1S/C14H18N2O2.C4H4O4/c1-16(15)9-12(17)10-18-14-8-4-6-11-5-2-3-7-13(11)14;5-3(6)1-2-4(7)8/h2-8,12,17H,9-10,15H2,1H3;1-2H,(H,5,6)(H,7,8)/b;2-1-. The molecule has 2 aromatic rings. The van der Waals surface area contributed by atoms with Crippen LogP contribution in [0.5, 0.6) is 5.75 Å². The summed E-state index contributed by atoms with van der Waals surface area (Å²) in [6, 6.07) is 13.9. The highest BCUT2D eigenvalue weighted by atomic mass is 16.5. The molecule has 26 heavy (non-hydrogen) atoms. The molecule has 0 saturated carbocycles. The molecule has 0 aliphatic heterocycles. The molecular weight excluding hydrogens is 340 g/mol. The Labute approximate surface area is 150 Å². The average molecular weight is 362 g/mol. The van der Waals surface area contributed by atoms with E-state index in [4.69, 9.17) is 20.8 Å². The van der Waals surface area contributed by atoms with Gasteiger partial charge in [-0.2, -0.15) is 0 Å². The summed E-state index contributed by atoms with van der Waals surface area (Å²) in [6.45, 7) is 0.611.